The molecular formula is C23H26FN3O2. The van der Waals surface area contributed by atoms with Gasteiger partial charge in [-0.1, -0.05) is 32.9 Å². The topological polar surface area (TPSA) is 56.1 Å². The third-order valence-corrected chi connectivity index (χ3v) is 4.52. The van der Waals surface area contributed by atoms with Crippen LogP contribution in [0.3, 0.4) is 0 Å². The maximum atomic E-state index is 13.2. The first-order chi connectivity index (χ1) is 14.0. The third-order valence-electron chi connectivity index (χ3n) is 4.52. The lowest BCUT2D eigenvalue weighted by molar-refractivity contribution is 0.0949. The molecule has 0 fully saturated rings. The van der Waals surface area contributed by atoms with Crippen LogP contribution in [0.1, 0.15) is 54.7 Å². The smallest absolute Gasteiger partial charge is 0.255 e. The molecule has 1 N–H and O–H groups in total. The van der Waals surface area contributed by atoms with Crippen molar-refractivity contribution in [3.05, 3.63) is 77.4 Å². The number of hydrogen-bond acceptors (Lipinski definition) is 3. The molecule has 0 aliphatic rings. The molecule has 1 amide bonds. The monoisotopic (exact) mass is 395 g/mol. The SMILES string of the molecule is CCCOc1ccc(CNC(=O)c2cnn(-c3ccc(F)cc3)c2C(C)C)cc1. The number of carbonyl (C=O) groups is 1. The van der Waals surface area contributed by atoms with Gasteiger partial charge in [-0.15, -0.1) is 0 Å². The molecule has 0 unspecified atom stereocenters. The van der Waals surface area contributed by atoms with Gasteiger partial charge in [0, 0.05) is 6.54 Å². The van der Waals surface area contributed by atoms with Crippen LogP contribution in [0.25, 0.3) is 5.69 Å². The van der Waals surface area contributed by atoms with Crippen LogP contribution < -0.4 is 10.1 Å². The van der Waals surface area contributed by atoms with Crippen LogP contribution in [0.2, 0.25) is 0 Å². The number of rotatable bonds is 8. The van der Waals surface area contributed by atoms with Crippen LogP contribution in [0.15, 0.2) is 54.7 Å². The summed E-state index contributed by atoms with van der Waals surface area (Å²) in [6.45, 7) is 7.16. The van der Waals surface area contributed by atoms with Gasteiger partial charge in [-0.3, -0.25) is 4.79 Å². The maximum absolute atomic E-state index is 13.2. The summed E-state index contributed by atoms with van der Waals surface area (Å²) in [5.41, 5.74) is 3.01. The van der Waals surface area contributed by atoms with Gasteiger partial charge in [0.15, 0.2) is 0 Å². The van der Waals surface area contributed by atoms with Crippen molar-refractivity contribution in [2.75, 3.05) is 6.61 Å². The Balaban J connectivity index is 1.73. The standard InChI is InChI=1S/C23H26FN3O2/c1-4-13-29-20-11-5-17(6-12-20)14-25-23(28)21-15-26-27(22(21)16(2)3)19-9-7-18(24)8-10-19/h5-12,15-16H,4,13-14H2,1-3H3,(H,25,28). The van der Waals surface area contributed by atoms with E-state index in [0.717, 1.165) is 29.1 Å². The zero-order chi connectivity index (χ0) is 20.8. The summed E-state index contributed by atoms with van der Waals surface area (Å²) in [5, 5.41) is 7.32. The molecule has 1 aromatic heterocycles. The fourth-order valence-corrected chi connectivity index (χ4v) is 3.08. The molecule has 6 heteroatoms. The predicted octanol–water partition coefficient (Wildman–Crippen LogP) is 4.85. The Morgan fingerprint density at radius 3 is 2.45 bits per heavy atom. The summed E-state index contributed by atoms with van der Waals surface area (Å²) in [7, 11) is 0. The number of carbonyl (C=O) groups excluding carboxylic acids is 1. The van der Waals surface area contributed by atoms with E-state index in [1.165, 1.54) is 12.1 Å². The Morgan fingerprint density at radius 1 is 1.14 bits per heavy atom. The quantitative estimate of drug-likeness (QED) is 0.593. The fourth-order valence-electron chi connectivity index (χ4n) is 3.08. The van der Waals surface area contributed by atoms with Gasteiger partial charge in [-0.05, 0) is 54.3 Å². The zero-order valence-corrected chi connectivity index (χ0v) is 17.0. The largest absolute Gasteiger partial charge is 0.494 e. The molecule has 152 valence electrons. The number of halogens is 1. The molecular weight excluding hydrogens is 369 g/mol. The Kier molecular flexibility index (Phi) is 6.65. The fraction of sp³-hybridized carbons (Fsp3) is 0.304. The van der Waals surface area contributed by atoms with Gasteiger partial charge in [0.2, 0.25) is 0 Å². The molecule has 3 rings (SSSR count). The van der Waals surface area contributed by atoms with Crippen molar-refractivity contribution in [3.8, 4) is 11.4 Å². The number of ether oxygens (including phenoxy) is 1. The van der Waals surface area contributed by atoms with Gasteiger partial charge < -0.3 is 10.1 Å². The number of aromatic nitrogens is 2. The lowest BCUT2D eigenvalue weighted by Gasteiger charge is -2.13. The Morgan fingerprint density at radius 2 is 1.83 bits per heavy atom. The van der Waals surface area contributed by atoms with Crippen LogP contribution in [0.5, 0.6) is 5.75 Å². The van der Waals surface area contributed by atoms with Gasteiger partial charge in [0.1, 0.15) is 11.6 Å². The second-order valence-electron chi connectivity index (χ2n) is 7.16. The average molecular weight is 395 g/mol. The van der Waals surface area contributed by atoms with E-state index in [0.29, 0.717) is 18.7 Å². The maximum Gasteiger partial charge on any atom is 0.255 e. The molecule has 29 heavy (non-hydrogen) atoms. The highest BCUT2D eigenvalue weighted by atomic mass is 19.1. The van der Waals surface area contributed by atoms with Crippen molar-refractivity contribution in [1.82, 2.24) is 15.1 Å². The summed E-state index contributed by atoms with van der Waals surface area (Å²) >= 11 is 0. The van der Waals surface area contributed by atoms with E-state index in [4.69, 9.17) is 4.74 Å². The van der Waals surface area contributed by atoms with Crippen molar-refractivity contribution in [1.29, 1.82) is 0 Å². The molecule has 0 aliphatic heterocycles. The highest BCUT2D eigenvalue weighted by Crippen LogP contribution is 2.23. The molecule has 0 saturated carbocycles. The summed E-state index contributed by atoms with van der Waals surface area (Å²) in [6, 6.07) is 13.8. The van der Waals surface area contributed by atoms with Crippen molar-refractivity contribution in [2.24, 2.45) is 0 Å². The number of benzene rings is 2. The first kappa shape index (κ1) is 20.6. The van der Waals surface area contributed by atoms with Crippen LogP contribution in [0, 0.1) is 5.82 Å². The van der Waals surface area contributed by atoms with Gasteiger partial charge in [0.05, 0.1) is 29.7 Å². The van der Waals surface area contributed by atoms with Gasteiger partial charge in [-0.2, -0.15) is 5.10 Å². The van der Waals surface area contributed by atoms with Crippen molar-refractivity contribution in [2.45, 2.75) is 39.7 Å². The highest BCUT2D eigenvalue weighted by Gasteiger charge is 2.20. The molecule has 0 saturated heterocycles. The van der Waals surface area contributed by atoms with Crippen molar-refractivity contribution in [3.63, 3.8) is 0 Å². The lowest BCUT2D eigenvalue weighted by Crippen LogP contribution is -2.24. The Bertz CT molecular complexity index is 947. The molecule has 5 nitrogen and oxygen atoms in total. The van der Waals surface area contributed by atoms with Crippen LogP contribution >= 0.6 is 0 Å². The zero-order valence-electron chi connectivity index (χ0n) is 17.0. The van der Waals surface area contributed by atoms with E-state index < -0.39 is 0 Å². The molecule has 0 radical (unpaired) electrons. The Hall–Kier alpha value is -3.15. The summed E-state index contributed by atoms with van der Waals surface area (Å²) in [5.74, 6) is 0.396. The van der Waals surface area contributed by atoms with E-state index >= 15 is 0 Å². The summed E-state index contributed by atoms with van der Waals surface area (Å²) in [4.78, 5) is 12.8. The van der Waals surface area contributed by atoms with Crippen LogP contribution in [-0.2, 0) is 6.54 Å². The van der Waals surface area contributed by atoms with E-state index in [1.54, 1.807) is 23.0 Å². The van der Waals surface area contributed by atoms with E-state index in [2.05, 4.69) is 17.3 Å². The minimum absolute atomic E-state index is 0.0679. The summed E-state index contributed by atoms with van der Waals surface area (Å²) in [6.07, 6.45) is 2.53. The molecule has 0 aliphatic carbocycles. The second kappa shape index (κ2) is 9.37. The van der Waals surface area contributed by atoms with E-state index in [-0.39, 0.29) is 17.6 Å². The first-order valence-electron chi connectivity index (χ1n) is 9.83. The highest BCUT2D eigenvalue weighted by molar-refractivity contribution is 5.95. The van der Waals surface area contributed by atoms with Gasteiger partial charge in [0.25, 0.3) is 5.91 Å². The normalized spacial score (nSPS) is 10.9. The van der Waals surface area contributed by atoms with E-state index in [9.17, 15) is 9.18 Å². The van der Waals surface area contributed by atoms with Crippen molar-refractivity contribution < 1.29 is 13.9 Å². The number of nitrogens with one attached hydrogen (secondary N) is 1. The van der Waals surface area contributed by atoms with Crippen LogP contribution in [-0.4, -0.2) is 22.3 Å². The molecule has 0 spiro atoms. The number of hydrogen-bond donors (Lipinski definition) is 1. The second-order valence-corrected chi connectivity index (χ2v) is 7.16. The van der Waals surface area contributed by atoms with Crippen LogP contribution in [0.4, 0.5) is 4.39 Å². The molecule has 0 atom stereocenters. The number of nitrogens with zero attached hydrogens (tertiary/aromatic N) is 2. The van der Waals surface area contributed by atoms with Crippen molar-refractivity contribution >= 4 is 5.91 Å². The van der Waals surface area contributed by atoms with Gasteiger partial charge >= 0.3 is 0 Å². The first-order valence-corrected chi connectivity index (χ1v) is 9.83. The average Bonchev–Trinajstić information content (AvgIpc) is 3.17. The molecule has 2 aromatic carbocycles. The molecule has 0 bridgehead atoms. The predicted molar refractivity (Wildman–Crippen MR) is 111 cm³/mol. The van der Waals surface area contributed by atoms with Gasteiger partial charge in [-0.25, -0.2) is 9.07 Å². The third kappa shape index (κ3) is 5.02. The lowest BCUT2D eigenvalue weighted by atomic mass is 10.0. The summed E-state index contributed by atoms with van der Waals surface area (Å²) < 4.78 is 20.5. The minimum Gasteiger partial charge on any atom is -0.494 e. The number of amides is 1. The molecule has 1 heterocycles. The van der Waals surface area contributed by atoms with E-state index in [1.807, 2.05) is 38.1 Å². The Labute approximate surface area is 170 Å². The minimum atomic E-state index is -0.309. The molecule has 3 aromatic rings.